The summed E-state index contributed by atoms with van der Waals surface area (Å²) in [6, 6.07) is 0.725. The van der Waals surface area contributed by atoms with Gasteiger partial charge >= 0.3 is 0 Å². The van der Waals surface area contributed by atoms with E-state index in [2.05, 4.69) is 37.2 Å². The van der Waals surface area contributed by atoms with Gasteiger partial charge in [0, 0.05) is 11.8 Å². The fourth-order valence-corrected chi connectivity index (χ4v) is 3.84. The van der Waals surface area contributed by atoms with Crippen LogP contribution < -0.4 is 5.32 Å². The Labute approximate surface area is 97.2 Å². The highest BCUT2D eigenvalue weighted by molar-refractivity contribution is 7.99. The molecule has 0 amide bonds. The van der Waals surface area contributed by atoms with Gasteiger partial charge in [-0.15, -0.1) is 0 Å². The van der Waals surface area contributed by atoms with Crippen molar-refractivity contribution in [2.75, 3.05) is 30.1 Å². The summed E-state index contributed by atoms with van der Waals surface area (Å²) in [6.07, 6.45) is 4.84. The zero-order chi connectivity index (χ0) is 10.4. The SMILES string of the molecule is CSCCCNC1CSCCC1(C)C. The van der Waals surface area contributed by atoms with Crippen LogP contribution in [-0.4, -0.2) is 36.1 Å². The molecule has 1 saturated heterocycles. The lowest BCUT2D eigenvalue weighted by Gasteiger charge is -2.38. The van der Waals surface area contributed by atoms with Crippen molar-refractivity contribution >= 4 is 23.5 Å². The largest absolute Gasteiger partial charge is 0.313 e. The van der Waals surface area contributed by atoms with Gasteiger partial charge in [0.15, 0.2) is 0 Å². The van der Waals surface area contributed by atoms with Crippen LogP contribution in [0.2, 0.25) is 0 Å². The highest BCUT2D eigenvalue weighted by atomic mass is 32.2. The summed E-state index contributed by atoms with van der Waals surface area (Å²) < 4.78 is 0. The molecule has 0 aromatic rings. The van der Waals surface area contributed by atoms with Gasteiger partial charge in [-0.2, -0.15) is 23.5 Å². The molecular formula is C11H23NS2. The highest BCUT2D eigenvalue weighted by Gasteiger charge is 2.31. The molecule has 1 heterocycles. The Balaban J connectivity index is 2.20. The topological polar surface area (TPSA) is 12.0 Å². The Kier molecular flexibility index (Phi) is 5.72. The second-order valence-electron chi connectivity index (χ2n) is 4.67. The third-order valence-electron chi connectivity index (χ3n) is 3.03. The van der Waals surface area contributed by atoms with E-state index in [0.717, 1.165) is 6.04 Å². The smallest absolute Gasteiger partial charge is 0.0209 e. The molecule has 1 unspecified atom stereocenters. The van der Waals surface area contributed by atoms with E-state index < -0.39 is 0 Å². The van der Waals surface area contributed by atoms with Crippen molar-refractivity contribution in [1.82, 2.24) is 5.32 Å². The highest BCUT2D eigenvalue weighted by Crippen LogP contribution is 2.33. The van der Waals surface area contributed by atoms with E-state index in [4.69, 9.17) is 0 Å². The summed E-state index contributed by atoms with van der Waals surface area (Å²) in [7, 11) is 0. The van der Waals surface area contributed by atoms with E-state index in [0.29, 0.717) is 5.41 Å². The third kappa shape index (κ3) is 4.03. The molecule has 1 aliphatic rings. The van der Waals surface area contributed by atoms with E-state index in [-0.39, 0.29) is 0 Å². The molecule has 1 aliphatic heterocycles. The minimum absolute atomic E-state index is 0.505. The molecule has 0 bridgehead atoms. The molecule has 0 aliphatic carbocycles. The van der Waals surface area contributed by atoms with E-state index in [9.17, 15) is 0 Å². The first-order valence-corrected chi connectivity index (χ1v) is 8.02. The molecular weight excluding hydrogens is 210 g/mol. The first-order chi connectivity index (χ1) is 6.67. The average Bonchev–Trinajstić information content (AvgIpc) is 2.14. The predicted molar refractivity (Wildman–Crippen MR) is 70.5 cm³/mol. The maximum atomic E-state index is 3.71. The number of hydrogen-bond acceptors (Lipinski definition) is 3. The summed E-state index contributed by atoms with van der Waals surface area (Å²) in [5, 5.41) is 3.71. The lowest BCUT2D eigenvalue weighted by molar-refractivity contribution is 0.247. The normalized spacial score (nSPS) is 26.4. The van der Waals surface area contributed by atoms with Gasteiger partial charge in [-0.25, -0.2) is 0 Å². The number of thioether (sulfide) groups is 2. The second kappa shape index (κ2) is 6.29. The van der Waals surface area contributed by atoms with Gasteiger partial charge in [-0.3, -0.25) is 0 Å². The fourth-order valence-electron chi connectivity index (χ4n) is 1.76. The van der Waals surface area contributed by atoms with Gasteiger partial charge in [-0.1, -0.05) is 13.8 Å². The summed E-state index contributed by atoms with van der Waals surface area (Å²) in [5.41, 5.74) is 0.505. The molecule has 0 saturated carbocycles. The zero-order valence-corrected chi connectivity index (χ0v) is 11.3. The molecule has 0 spiro atoms. The molecule has 0 aromatic carbocycles. The Morgan fingerprint density at radius 1 is 1.50 bits per heavy atom. The lowest BCUT2D eigenvalue weighted by atomic mass is 9.82. The van der Waals surface area contributed by atoms with Crippen LogP contribution in [0, 0.1) is 5.41 Å². The van der Waals surface area contributed by atoms with Crippen molar-refractivity contribution in [1.29, 1.82) is 0 Å². The van der Waals surface area contributed by atoms with Crippen LogP contribution >= 0.6 is 23.5 Å². The summed E-state index contributed by atoms with van der Waals surface area (Å²) in [4.78, 5) is 0. The second-order valence-corrected chi connectivity index (χ2v) is 6.80. The first kappa shape index (κ1) is 12.7. The standard InChI is InChI=1S/C11H23NS2/c1-11(2)5-8-14-9-10(11)12-6-4-7-13-3/h10,12H,4-9H2,1-3H3. The molecule has 1 N–H and O–H groups in total. The van der Waals surface area contributed by atoms with Gasteiger partial charge < -0.3 is 5.32 Å². The molecule has 1 nitrogen and oxygen atoms in total. The minimum atomic E-state index is 0.505. The Bertz CT molecular complexity index is 159. The van der Waals surface area contributed by atoms with Gasteiger partial charge in [0.05, 0.1) is 0 Å². The molecule has 3 heteroatoms. The third-order valence-corrected chi connectivity index (χ3v) is 4.79. The molecule has 14 heavy (non-hydrogen) atoms. The van der Waals surface area contributed by atoms with Gasteiger partial charge in [0.1, 0.15) is 0 Å². The lowest BCUT2D eigenvalue weighted by Crippen LogP contribution is -2.46. The van der Waals surface area contributed by atoms with Crippen LogP contribution in [0.5, 0.6) is 0 Å². The van der Waals surface area contributed by atoms with Crippen LogP contribution in [0.25, 0.3) is 0 Å². The van der Waals surface area contributed by atoms with Crippen molar-refractivity contribution in [2.45, 2.75) is 32.7 Å². The van der Waals surface area contributed by atoms with E-state index in [1.165, 1.54) is 36.6 Å². The molecule has 1 rings (SSSR count). The van der Waals surface area contributed by atoms with Crippen molar-refractivity contribution in [2.24, 2.45) is 5.41 Å². The van der Waals surface area contributed by atoms with Crippen molar-refractivity contribution in [3.05, 3.63) is 0 Å². The van der Waals surface area contributed by atoms with Gasteiger partial charge in [0.2, 0.25) is 0 Å². The Morgan fingerprint density at radius 3 is 2.93 bits per heavy atom. The van der Waals surface area contributed by atoms with E-state index in [1.807, 2.05) is 11.8 Å². The van der Waals surface area contributed by atoms with Gasteiger partial charge in [-0.05, 0) is 42.6 Å². The molecule has 1 fully saturated rings. The maximum absolute atomic E-state index is 3.71. The summed E-state index contributed by atoms with van der Waals surface area (Å²) in [6.45, 7) is 5.99. The van der Waals surface area contributed by atoms with E-state index in [1.54, 1.807) is 0 Å². The van der Waals surface area contributed by atoms with Crippen LogP contribution in [0.4, 0.5) is 0 Å². The van der Waals surface area contributed by atoms with Gasteiger partial charge in [0.25, 0.3) is 0 Å². The predicted octanol–water partition coefficient (Wildman–Crippen LogP) is 2.86. The van der Waals surface area contributed by atoms with Crippen molar-refractivity contribution in [3.63, 3.8) is 0 Å². The number of nitrogens with one attached hydrogen (secondary N) is 1. The van der Waals surface area contributed by atoms with Crippen LogP contribution in [0.3, 0.4) is 0 Å². The molecule has 0 aromatic heterocycles. The quantitative estimate of drug-likeness (QED) is 0.733. The Hall–Kier alpha value is 0.660. The molecule has 0 radical (unpaired) electrons. The first-order valence-electron chi connectivity index (χ1n) is 5.47. The average molecular weight is 233 g/mol. The van der Waals surface area contributed by atoms with Crippen LogP contribution in [0.1, 0.15) is 26.7 Å². The fraction of sp³-hybridized carbons (Fsp3) is 1.00. The molecule has 84 valence electrons. The summed E-state index contributed by atoms with van der Waals surface area (Å²) >= 11 is 4.04. The van der Waals surface area contributed by atoms with Crippen LogP contribution in [0.15, 0.2) is 0 Å². The number of rotatable bonds is 5. The monoisotopic (exact) mass is 233 g/mol. The Morgan fingerprint density at radius 2 is 2.29 bits per heavy atom. The zero-order valence-electron chi connectivity index (χ0n) is 9.64. The molecule has 1 atom stereocenters. The van der Waals surface area contributed by atoms with E-state index >= 15 is 0 Å². The van der Waals surface area contributed by atoms with Crippen LogP contribution in [-0.2, 0) is 0 Å². The van der Waals surface area contributed by atoms with Crippen molar-refractivity contribution in [3.8, 4) is 0 Å². The maximum Gasteiger partial charge on any atom is 0.0209 e. The van der Waals surface area contributed by atoms with Crippen molar-refractivity contribution < 1.29 is 0 Å². The minimum Gasteiger partial charge on any atom is -0.313 e. The summed E-state index contributed by atoms with van der Waals surface area (Å²) in [5.74, 6) is 3.93. The number of hydrogen-bond donors (Lipinski definition) is 1.